The van der Waals surface area contributed by atoms with E-state index in [-0.39, 0.29) is 24.7 Å². The third-order valence-corrected chi connectivity index (χ3v) is 5.98. The molecule has 0 N–H and O–H groups in total. The quantitative estimate of drug-likeness (QED) is 0.861. The van der Waals surface area contributed by atoms with Crippen molar-refractivity contribution in [3.05, 3.63) is 42.1 Å². The number of benzene rings is 1. The first-order valence-corrected chi connectivity index (χ1v) is 8.59. The lowest BCUT2D eigenvalue weighted by Crippen LogP contribution is -2.57. The van der Waals surface area contributed by atoms with Crippen LogP contribution in [0.15, 0.2) is 36.4 Å². The number of hydrogen-bond acceptors (Lipinski definition) is 4. The summed E-state index contributed by atoms with van der Waals surface area (Å²) >= 11 is 0. The van der Waals surface area contributed by atoms with Gasteiger partial charge in [-0.05, 0) is 12.1 Å². The highest BCUT2D eigenvalue weighted by molar-refractivity contribution is 7.92. The molecule has 0 bridgehead atoms. The van der Waals surface area contributed by atoms with E-state index in [4.69, 9.17) is 0 Å². The number of carbonyl (C=O) groups is 1. The third kappa shape index (κ3) is 2.51. The standard InChI is InChI=1S/C15H16N2O3S/c1-2-21(19,20)12-9-17(10-12)15(18)14-8-7-11-5-3-4-6-13(11)16-14/h3-8,12H,2,9-10H2,1H3. The first-order valence-electron chi connectivity index (χ1n) is 6.88. The Hall–Kier alpha value is -1.95. The van der Waals surface area contributed by atoms with Gasteiger partial charge in [-0.15, -0.1) is 0 Å². The molecule has 0 atom stereocenters. The molecule has 110 valence electrons. The maximum absolute atomic E-state index is 12.3. The van der Waals surface area contributed by atoms with Crippen LogP contribution >= 0.6 is 0 Å². The molecule has 2 aromatic rings. The second-order valence-corrected chi connectivity index (χ2v) is 7.74. The van der Waals surface area contributed by atoms with Crippen LogP contribution in [0.2, 0.25) is 0 Å². The van der Waals surface area contributed by atoms with Gasteiger partial charge in [0.1, 0.15) is 5.69 Å². The molecule has 1 saturated heterocycles. The van der Waals surface area contributed by atoms with E-state index in [1.165, 1.54) is 4.90 Å². The number of para-hydroxylation sites is 1. The van der Waals surface area contributed by atoms with Crippen LogP contribution in [0.3, 0.4) is 0 Å². The van der Waals surface area contributed by atoms with Crippen molar-refractivity contribution in [1.29, 1.82) is 0 Å². The molecule has 21 heavy (non-hydrogen) atoms. The summed E-state index contributed by atoms with van der Waals surface area (Å²) in [6.07, 6.45) is 0. The Kier molecular flexibility index (Phi) is 3.41. The van der Waals surface area contributed by atoms with E-state index in [0.29, 0.717) is 5.69 Å². The molecule has 0 aliphatic carbocycles. The molecule has 1 fully saturated rings. The third-order valence-electron chi connectivity index (χ3n) is 3.86. The monoisotopic (exact) mass is 304 g/mol. The number of pyridine rings is 1. The summed E-state index contributed by atoms with van der Waals surface area (Å²) < 4.78 is 23.4. The summed E-state index contributed by atoms with van der Waals surface area (Å²) in [6, 6.07) is 11.1. The van der Waals surface area contributed by atoms with Crippen molar-refractivity contribution in [1.82, 2.24) is 9.88 Å². The first-order chi connectivity index (χ1) is 10.0. The van der Waals surface area contributed by atoms with Crippen LogP contribution in [-0.2, 0) is 9.84 Å². The molecule has 2 heterocycles. The Balaban J connectivity index is 1.77. The molecule has 1 aromatic heterocycles. The van der Waals surface area contributed by atoms with Gasteiger partial charge in [-0.2, -0.15) is 0 Å². The van der Waals surface area contributed by atoms with Crippen molar-refractivity contribution in [3.63, 3.8) is 0 Å². The molecule has 0 radical (unpaired) electrons. The van der Waals surface area contributed by atoms with E-state index in [0.717, 1.165) is 10.9 Å². The van der Waals surface area contributed by atoms with E-state index in [1.807, 2.05) is 30.3 Å². The van der Waals surface area contributed by atoms with Crippen molar-refractivity contribution in [2.45, 2.75) is 12.2 Å². The highest BCUT2D eigenvalue weighted by Gasteiger charge is 2.39. The largest absolute Gasteiger partial charge is 0.335 e. The van der Waals surface area contributed by atoms with Crippen LogP contribution < -0.4 is 0 Å². The normalized spacial score (nSPS) is 16.0. The molecule has 5 nitrogen and oxygen atoms in total. The van der Waals surface area contributed by atoms with Crippen LogP contribution in [0, 0.1) is 0 Å². The predicted octanol–water partition coefficient (Wildman–Crippen LogP) is 1.49. The Morgan fingerprint density at radius 2 is 1.95 bits per heavy atom. The van der Waals surface area contributed by atoms with Crippen molar-refractivity contribution >= 4 is 26.6 Å². The second kappa shape index (κ2) is 5.11. The zero-order valence-corrected chi connectivity index (χ0v) is 12.5. The van der Waals surface area contributed by atoms with Crippen LogP contribution in [0.25, 0.3) is 10.9 Å². The minimum absolute atomic E-state index is 0.119. The van der Waals surface area contributed by atoms with Crippen LogP contribution in [0.4, 0.5) is 0 Å². The van der Waals surface area contributed by atoms with Crippen LogP contribution in [0.5, 0.6) is 0 Å². The Labute approximate surface area is 123 Å². The lowest BCUT2D eigenvalue weighted by Gasteiger charge is -2.38. The van der Waals surface area contributed by atoms with Gasteiger partial charge in [0.15, 0.2) is 9.84 Å². The first kappa shape index (κ1) is 14.0. The molecular formula is C15H16N2O3S. The van der Waals surface area contributed by atoms with Gasteiger partial charge < -0.3 is 4.90 Å². The van der Waals surface area contributed by atoms with E-state index in [2.05, 4.69) is 4.98 Å². The van der Waals surface area contributed by atoms with Gasteiger partial charge in [0.05, 0.1) is 10.8 Å². The molecule has 3 rings (SSSR count). The molecule has 1 aliphatic rings. The number of aromatic nitrogens is 1. The van der Waals surface area contributed by atoms with Gasteiger partial charge >= 0.3 is 0 Å². The highest BCUT2D eigenvalue weighted by atomic mass is 32.2. The SMILES string of the molecule is CCS(=O)(=O)C1CN(C(=O)c2ccc3ccccc3n2)C1. The Morgan fingerprint density at radius 1 is 1.24 bits per heavy atom. The smallest absolute Gasteiger partial charge is 0.272 e. The average Bonchev–Trinajstić information content (AvgIpc) is 2.44. The average molecular weight is 304 g/mol. The molecular weight excluding hydrogens is 288 g/mol. The predicted molar refractivity (Wildman–Crippen MR) is 80.9 cm³/mol. The zero-order chi connectivity index (χ0) is 15.0. The molecule has 6 heteroatoms. The minimum Gasteiger partial charge on any atom is -0.335 e. The summed E-state index contributed by atoms with van der Waals surface area (Å²) in [5.41, 5.74) is 1.13. The van der Waals surface area contributed by atoms with E-state index in [1.54, 1.807) is 13.0 Å². The number of likely N-dealkylation sites (tertiary alicyclic amines) is 1. The van der Waals surface area contributed by atoms with E-state index in [9.17, 15) is 13.2 Å². The fourth-order valence-electron chi connectivity index (χ4n) is 2.41. The summed E-state index contributed by atoms with van der Waals surface area (Å²) in [4.78, 5) is 18.2. The fraction of sp³-hybridized carbons (Fsp3) is 0.333. The van der Waals surface area contributed by atoms with E-state index < -0.39 is 15.1 Å². The minimum atomic E-state index is -3.06. The summed E-state index contributed by atoms with van der Waals surface area (Å²) in [7, 11) is -3.06. The molecule has 1 amide bonds. The lowest BCUT2D eigenvalue weighted by molar-refractivity contribution is 0.0653. The lowest BCUT2D eigenvalue weighted by atomic mass is 10.1. The zero-order valence-electron chi connectivity index (χ0n) is 11.7. The second-order valence-electron chi connectivity index (χ2n) is 5.17. The number of fused-ring (bicyclic) bond motifs is 1. The summed E-state index contributed by atoms with van der Waals surface area (Å²) in [5, 5.41) is 0.552. The number of nitrogens with zero attached hydrogens (tertiary/aromatic N) is 2. The molecule has 0 spiro atoms. The summed E-state index contributed by atoms with van der Waals surface area (Å²) in [6.45, 7) is 2.16. The molecule has 0 saturated carbocycles. The summed E-state index contributed by atoms with van der Waals surface area (Å²) in [5.74, 6) is -0.0863. The van der Waals surface area contributed by atoms with Crippen molar-refractivity contribution < 1.29 is 13.2 Å². The van der Waals surface area contributed by atoms with Crippen molar-refractivity contribution in [2.75, 3.05) is 18.8 Å². The van der Waals surface area contributed by atoms with Gasteiger partial charge in [-0.1, -0.05) is 31.2 Å². The number of carbonyl (C=O) groups excluding carboxylic acids is 1. The Morgan fingerprint density at radius 3 is 2.67 bits per heavy atom. The molecule has 1 aliphatic heterocycles. The van der Waals surface area contributed by atoms with Gasteiger partial charge in [-0.25, -0.2) is 13.4 Å². The van der Waals surface area contributed by atoms with Gasteiger partial charge in [0, 0.05) is 24.2 Å². The Bertz CT molecular complexity index is 795. The van der Waals surface area contributed by atoms with Gasteiger partial charge in [0.25, 0.3) is 5.91 Å². The van der Waals surface area contributed by atoms with Crippen LogP contribution in [-0.4, -0.2) is 48.3 Å². The molecule has 0 unspecified atom stereocenters. The maximum Gasteiger partial charge on any atom is 0.272 e. The van der Waals surface area contributed by atoms with Gasteiger partial charge in [-0.3, -0.25) is 4.79 Å². The molecule has 1 aromatic carbocycles. The van der Waals surface area contributed by atoms with Crippen molar-refractivity contribution in [3.8, 4) is 0 Å². The maximum atomic E-state index is 12.3. The van der Waals surface area contributed by atoms with E-state index >= 15 is 0 Å². The highest BCUT2D eigenvalue weighted by Crippen LogP contribution is 2.20. The number of hydrogen-bond donors (Lipinski definition) is 0. The number of sulfone groups is 1. The van der Waals surface area contributed by atoms with Crippen LogP contribution in [0.1, 0.15) is 17.4 Å². The number of amides is 1. The number of rotatable bonds is 3. The topological polar surface area (TPSA) is 67.3 Å². The van der Waals surface area contributed by atoms with Gasteiger partial charge in [0.2, 0.25) is 0 Å². The fourth-order valence-corrected chi connectivity index (χ4v) is 3.70. The van der Waals surface area contributed by atoms with Crippen molar-refractivity contribution in [2.24, 2.45) is 0 Å².